The first-order valence-electron chi connectivity index (χ1n) is 10.3. The minimum atomic E-state index is -0.175. The number of benzene rings is 2. The van der Waals surface area contributed by atoms with Crippen LogP contribution in [0.5, 0.6) is 11.5 Å². The Morgan fingerprint density at radius 1 is 1.06 bits per heavy atom. The van der Waals surface area contributed by atoms with Gasteiger partial charge in [0.2, 0.25) is 12.7 Å². The maximum atomic E-state index is 5.48. The van der Waals surface area contributed by atoms with Crippen LogP contribution in [0.4, 0.5) is 0 Å². The lowest BCUT2D eigenvalue weighted by molar-refractivity contribution is 0.174. The van der Waals surface area contributed by atoms with E-state index in [1.807, 2.05) is 36.4 Å². The fourth-order valence-electron chi connectivity index (χ4n) is 3.46. The van der Waals surface area contributed by atoms with E-state index in [2.05, 4.69) is 39.9 Å². The molecule has 0 spiro atoms. The number of rotatable bonds is 8. The SMILES string of the molecule is CCCc1nc(C(NCc2csc(-c3ccc4c(c3)OCO4)n2)c2ccccc2)no1. The monoisotopic (exact) mass is 434 g/mol. The van der Waals surface area contributed by atoms with Crippen LogP contribution in [0.3, 0.4) is 0 Å². The molecule has 3 heterocycles. The summed E-state index contributed by atoms with van der Waals surface area (Å²) in [5.74, 6) is 2.84. The third-order valence-corrected chi connectivity index (χ3v) is 5.94. The van der Waals surface area contributed by atoms with Gasteiger partial charge in [-0.2, -0.15) is 4.98 Å². The maximum absolute atomic E-state index is 5.48. The van der Waals surface area contributed by atoms with Crippen molar-refractivity contribution >= 4 is 11.3 Å². The van der Waals surface area contributed by atoms with Crippen molar-refractivity contribution in [1.82, 2.24) is 20.4 Å². The molecule has 0 fully saturated rings. The zero-order valence-corrected chi connectivity index (χ0v) is 17.9. The third kappa shape index (κ3) is 4.30. The maximum Gasteiger partial charge on any atom is 0.231 e. The van der Waals surface area contributed by atoms with Gasteiger partial charge in [-0.1, -0.05) is 42.4 Å². The number of thiazole rings is 1. The van der Waals surface area contributed by atoms with Gasteiger partial charge in [-0.05, 0) is 30.2 Å². The summed E-state index contributed by atoms with van der Waals surface area (Å²) >= 11 is 1.60. The van der Waals surface area contributed by atoms with Gasteiger partial charge >= 0.3 is 0 Å². The van der Waals surface area contributed by atoms with Crippen LogP contribution in [-0.2, 0) is 13.0 Å². The van der Waals surface area contributed by atoms with Gasteiger partial charge in [-0.3, -0.25) is 5.32 Å². The Kier molecular flexibility index (Phi) is 5.64. The van der Waals surface area contributed by atoms with E-state index in [4.69, 9.17) is 19.0 Å². The smallest absolute Gasteiger partial charge is 0.231 e. The lowest BCUT2D eigenvalue weighted by Crippen LogP contribution is -2.23. The molecule has 8 heteroatoms. The topological polar surface area (TPSA) is 82.3 Å². The van der Waals surface area contributed by atoms with Crippen LogP contribution in [0.2, 0.25) is 0 Å². The van der Waals surface area contributed by atoms with Gasteiger partial charge in [0.1, 0.15) is 5.01 Å². The van der Waals surface area contributed by atoms with E-state index in [0.29, 0.717) is 18.3 Å². The summed E-state index contributed by atoms with van der Waals surface area (Å²) in [6, 6.07) is 15.9. The first-order chi connectivity index (χ1) is 15.3. The number of aromatic nitrogens is 3. The predicted molar refractivity (Wildman–Crippen MR) is 117 cm³/mol. The number of hydrogen-bond acceptors (Lipinski definition) is 8. The average Bonchev–Trinajstić information content (AvgIpc) is 3.55. The molecule has 1 N–H and O–H groups in total. The lowest BCUT2D eigenvalue weighted by Gasteiger charge is -2.15. The number of nitrogens with zero attached hydrogens (tertiary/aromatic N) is 3. The standard InChI is InChI=1S/C23H22N4O3S/c1-2-6-20-26-22(27-30-20)21(15-7-4-3-5-8-15)24-12-17-13-31-23(25-17)16-9-10-18-19(11-16)29-14-28-18/h3-5,7-11,13,21,24H,2,6,12,14H2,1H3. The van der Waals surface area contributed by atoms with Crippen molar-refractivity contribution in [3.05, 3.63) is 76.9 Å². The van der Waals surface area contributed by atoms with Crippen LogP contribution >= 0.6 is 11.3 Å². The highest BCUT2D eigenvalue weighted by atomic mass is 32.1. The van der Waals surface area contributed by atoms with Crippen LogP contribution < -0.4 is 14.8 Å². The molecule has 1 atom stereocenters. The molecule has 0 bridgehead atoms. The number of hydrogen-bond donors (Lipinski definition) is 1. The minimum absolute atomic E-state index is 0.175. The van der Waals surface area contributed by atoms with E-state index in [-0.39, 0.29) is 12.8 Å². The Morgan fingerprint density at radius 2 is 1.94 bits per heavy atom. The van der Waals surface area contributed by atoms with Crippen molar-refractivity contribution in [2.75, 3.05) is 6.79 Å². The Bertz CT molecular complexity index is 1160. The highest BCUT2D eigenvalue weighted by Gasteiger charge is 2.21. The van der Waals surface area contributed by atoms with Crippen LogP contribution in [0.25, 0.3) is 10.6 Å². The van der Waals surface area contributed by atoms with Gasteiger partial charge in [0.05, 0.1) is 11.7 Å². The van der Waals surface area contributed by atoms with E-state index in [1.54, 1.807) is 11.3 Å². The normalized spacial score (nSPS) is 13.5. The second-order valence-corrected chi connectivity index (χ2v) is 8.09. The molecule has 1 aliphatic rings. The summed E-state index contributed by atoms with van der Waals surface area (Å²) in [5, 5.41) is 10.8. The van der Waals surface area contributed by atoms with Crippen molar-refractivity contribution in [1.29, 1.82) is 0 Å². The first kappa shape index (κ1) is 19.7. The third-order valence-electron chi connectivity index (χ3n) is 5.00. The van der Waals surface area contributed by atoms with Gasteiger partial charge in [-0.15, -0.1) is 11.3 Å². The Hall–Kier alpha value is -3.23. The van der Waals surface area contributed by atoms with Crippen LogP contribution in [-0.4, -0.2) is 21.9 Å². The molecule has 0 aliphatic carbocycles. The van der Waals surface area contributed by atoms with Crippen LogP contribution in [0.15, 0.2) is 58.4 Å². The molecule has 2 aromatic heterocycles. The van der Waals surface area contributed by atoms with Crippen molar-refractivity contribution in [3.8, 4) is 22.1 Å². The van der Waals surface area contributed by atoms with E-state index in [1.165, 1.54) is 0 Å². The van der Waals surface area contributed by atoms with Gasteiger partial charge in [0.15, 0.2) is 17.3 Å². The Morgan fingerprint density at radius 3 is 2.81 bits per heavy atom. The average molecular weight is 435 g/mol. The quantitative estimate of drug-likeness (QED) is 0.428. The summed E-state index contributed by atoms with van der Waals surface area (Å²) in [7, 11) is 0. The molecule has 7 nitrogen and oxygen atoms in total. The zero-order valence-electron chi connectivity index (χ0n) is 17.1. The summed E-state index contributed by atoms with van der Waals surface area (Å²) in [6.07, 6.45) is 1.74. The highest BCUT2D eigenvalue weighted by Crippen LogP contribution is 2.36. The molecule has 2 aromatic carbocycles. The van der Waals surface area contributed by atoms with Gasteiger partial charge < -0.3 is 14.0 Å². The number of fused-ring (bicyclic) bond motifs is 1. The molecular formula is C23H22N4O3S. The minimum Gasteiger partial charge on any atom is -0.454 e. The number of aryl methyl sites for hydroxylation is 1. The van der Waals surface area contributed by atoms with Crippen molar-refractivity contribution in [2.45, 2.75) is 32.4 Å². The van der Waals surface area contributed by atoms with E-state index in [0.717, 1.165) is 46.2 Å². The summed E-state index contributed by atoms with van der Waals surface area (Å²) in [5.41, 5.74) is 3.05. The summed E-state index contributed by atoms with van der Waals surface area (Å²) in [4.78, 5) is 9.39. The van der Waals surface area contributed by atoms with Crippen molar-refractivity contribution < 1.29 is 14.0 Å². The molecule has 31 heavy (non-hydrogen) atoms. The van der Waals surface area contributed by atoms with Gasteiger partial charge in [0, 0.05) is 23.9 Å². The number of nitrogens with one attached hydrogen (secondary N) is 1. The van der Waals surface area contributed by atoms with Crippen LogP contribution in [0.1, 0.15) is 42.4 Å². The molecule has 1 unspecified atom stereocenters. The summed E-state index contributed by atoms with van der Waals surface area (Å²) in [6.45, 7) is 2.94. The molecule has 0 radical (unpaired) electrons. The fourth-order valence-corrected chi connectivity index (χ4v) is 4.28. The second kappa shape index (κ2) is 8.87. The molecule has 0 saturated carbocycles. The second-order valence-electron chi connectivity index (χ2n) is 7.23. The van der Waals surface area contributed by atoms with E-state index >= 15 is 0 Å². The van der Waals surface area contributed by atoms with Crippen molar-refractivity contribution in [3.63, 3.8) is 0 Å². The Labute approximate surface area is 184 Å². The van der Waals surface area contributed by atoms with E-state index in [9.17, 15) is 0 Å². The molecular weight excluding hydrogens is 412 g/mol. The van der Waals surface area contributed by atoms with Gasteiger partial charge in [0.25, 0.3) is 0 Å². The Balaban J connectivity index is 1.33. The summed E-state index contributed by atoms with van der Waals surface area (Å²) < 4.78 is 16.3. The molecule has 4 aromatic rings. The molecule has 1 aliphatic heterocycles. The van der Waals surface area contributed by atoms with Gasteiger partial charge in [-0.25, -0.2) is 4.98 Å². The molecule has 5 rings (SSSR count). The first-order valence-corrected chi connectivity index (χ1v) is 11.1. The fraction of sp³-hybridized carbons (Fsp3) is 0.261. The number of ether oxygens (including phenoxy) is 2. The lowest BCUT2D eigenvalue weighted by atomic mass is 10.1. The predicted octanol–water partition coefficient (Wildman–Crippen LogP) is 4.75. The van der Waals surface area contributed by atoms with Crippen LogP contribution in [0, 0.1) is 0 Å². The highest BCUT2D eigenvalue weighted by molar-refractivity contribution is 7.13. The zero-order chi connectivity index (χ0) is 21.0. The van der Waals surface area contributed by atoms with Crippen molar-refractivity contribution in [2.24, 2.45) is 0 Å². The molecule has 0 saturated heterocycles. The largest absolute Gasteiger partial charge is 0.454 e. The molecule has 0 amide bonds. The van der Waals surface area contributed by atoms with E-state index < -0.39 is 0 Å². The molecule has 158 valence electrons.